The van der Waals surface area contributed by atoms with Crippen molar-refractivity contribution in [3.05, 3.63) is 24.3 Å². The third-order valence-corrected chi connectivity index (χ3v) is 3.75. The summed E-state index contributed by atoms with van der Waals surface area (Å²) in [6, 6.07) is 5.96. The summed E-state index contributed by atoms with van der Waals surface area (Å²) in [5.41, 5.74) is 0.554. The molecule has 19 heavy (non-hydrogen) atoms. The molecule has 6 heteroatoms. The molecule has 1 aromatic carbocycles. The number of anilines is 1. The van der Waals surface area contributed by atoms with Crippen molar-refractivity contribution in [3.63, 3.8) is 0 Å². The normalized spacial score (nSPS) is 10.7. The van der Waals surface area contributed by atoms with Crippen LogP contribution in [-0.2, 0) is 14.8 Å². The summed E-state index contributed by atoms with van der Waals surface area (Å²) in [5, 5.41) is 2.57. The molecule has 0 unspecified atom stereocenters. The number of benzene rings is 1. The van der Waals surface area contributed by atoms with Crippen LogP contribution in [0.25, 0.3) is 0 Å². The Kier molecular flexibility index (Phi) is 5.55. The van der Waals surface area contributed by atoms with Gasteiger partial charge < -0.3 is 5.32 Å². The Morgan fingerprint density at radius 3 is 2.47 bits per heavy atom. The van der Waals surface area contributed by atoms with E-state index in [0.717, 1.165) is 0 Å². The van der Waals surface area contributed by atoms with E-state index in [0.29, 0.717) is 25.1 Å². The second-order valence-electron chi connectivity index (χ2n) is 3.91. The number of hydrogen-bond acceptors (Lipinski definition) is 3. The summed E-state index contributed by atoms with van der Waals surface area (Å²) in [7, 11) is -3.52. The number of nitrogens with one attached hydrogen (secondary N) is 2. The number of rotatable bonds is 6. The van der Waals surface area contributed by atoms with Crippen LogP contribution in [0, 0.1) is 12.3 Å². The minimum Gasteiger partial charge on any atom is -0.326 e. The molecule has 0 aliphatic heterocycles. The first-order valence-electron chi connectivity index (χ1n) is 5.76. The molecule has 0 aliphatic carbocycles. The number of carbonyl (C=O) groups is 1. The maximum Gasteiger partial charge on any atom is 0.240 e. The zero-order valence-electron chi connectivity index (χ0n) is 10.6. The summed E-state index contributed by atoms with van der Waals surface area (Å²) in [6.07, 6.45) is 6.21. The van der Waals surface area contributed by atoms with Crippen molar-refractivity contribution >= 4 is 21.6 Å². The smallest absolute Gasteiger partial charge is 0.240 e. The van der Waals surface area contributed by atoms with Crippen molar-refractivity contribution in [1.82, 2.24) is 4.72 Å². The van der Waals surface area contributed by atoms with Gasteiger partial charge in [-0.05, 0) is 30.7 Å². The Labute approximate surface area is 113 Å². The van der Waals surface area contributed by atoms with E-state index in [1.54, 1.807) is 0 Å². The van der Waals surface area contributed by atoms with Gasteiger partial charge in [-0.1, -0.05) is 0 Å². The average Bonchev–Trinajstić information content (AvgIpc) is 2.35. The van der Waals surface area contributed by atoms with Gasteiger partial charge in [-0.3, -0.25) is 4.79 Å². The minimum atomic E-state index is -3.52. The lowest BCUT2D eigenvalue weighted by Gasteiger charge is -2.07. The average molecular weight is 280 g/mol. The van der Waals surface area contributed by atoms with Gasteiger partial charge in [0.2, 0.25) is 15.9 Å². The maximum atomic E-state index is 11.9. The quantitative estimate of drug-likeness (QED) is 0.610. The van der Waals surface area contributed by atoms with Gasteiger partial charge in [0, 0.05) is 25.6 Å². The second-order valence-corrected chi connectivity index (χ2v) is 5.68. The van der Waals surface area contributed by atoms with Crippen LogP contribution in [0.3, 0.4) is 0 Å². The van der Waals surface area contributed by atoms with Crippen LogP contribution in [0.5, 0.6) is 0 Å². The number of sulfonamides is 1. The van der Waals surface area contributed by atoms with E-state index in [1.807, 2.05) is 0 Å². The fourth-order valence-electron chi connectivity index (χ4n) is 1.40. The molecule has 102 valence electrons. The molecule has 2 N–H and O–H groups in total. The monoisotopic (exact) mass is 280 g/mol. The summed E-state index contributed by atoms with van der Waals surface area (Å²) < 4.78 is 26.2. The molecular formula is C13H16N2O3S. The summed E-state index contributed by atoms with van der Waals surface area (Å²) in [6.45, 7) is 1.69. The van der Waals surface area contributed by atoms with Crippen LogP contribution < -0.4 is 10.0 Å². The maximum absolute atomic E-state index is 11.9. The molecule has 0 spiro atoms. The van der Waals surface area contributed by atoms with E-state index in [1.165, 1.54) is 31.2 Å². The SMILES string of the molecule is C#CCCCNS(=O)(=O)c1ccc(NC(C)=O)cc1. The first-order chi connectivity index (χ1) is 8.95. The molecular weight excluding hydrogens is 264 g/mol. The lowest BCUT2D eigenvalue weighted by molar-refractivity contribution is -0.114. The van der Waals surface area contributed by atoms with Crippen LogP contribution in [0.15, 0.2) is 29.2 Å². The van der Waals surface area contributed by atoms with Crippen LogP contribution in [0.2, 0.25) is 0 Å². The zero-order valence-corrected chi connectivity index (χ0v) is 11.5. The predicted molar refractivity (Wildman–Crippen MR) is 74.0 cm³/mol. The van der Waals surface area contributed by atoms with E-state index in [9.17, 15) is 13.2 Å². The summed E-state index contributed by atoms with van der Waals surface area (Å²) >= 11 is 0. The van der Waals surface area contributed by atoms with Gasteiger partial charge in [0.25, 0.3) is 0 Å². The van der Waals surface area contributed by atoms with E-state index < -0.39 is 10.0 Å². The Bertz CT molecular complexity index is 571. The Hall–Kier alpha value is -1.84. The molecule has 0 saturated carbocycles. The number of amides is 1. The lowest BCUT2D eigenvalue weighted by atomic mass is 10.3. The molecule has 0 aliphatic rings. The first kappa shape index (κ1) is 15.2. The molecule has 0 atom stereocenters. The third-order valence-electron chi connectivity index (χ3n) is 2.27. The summed E-state index contributed by atoms with van der Waals surface area (Å²) in [4.78, 5) is 11.0. The van der Waals surface area contributed by atoms with Crippen LogP contribution in [-0.4, -0.2) is 20.9 Å². The van der Waals surface area contributed by atoms with Gasteiger partial charge in [0.05, 0.1) is 4.90 Å². The van der Waals surface area contributed by atoms with E-state index in [4.69, 9.17) is 6.42 Å². The van der Waals surface area contributed by atoms with Crippen molar-refractivity contribution in [1.29, 1.82) is 0 Å². The molecule has 5 nitrogen and oxygen atoms in total. The van der Waals surface area contributed by atoms with Gasteiger partial charge in [-0.25, -0.2) is 13.1 Å². The molecule has 1 amide bonds. The molecule has 0 radical (unpaired) electrons. The lowest BCUT2D eigenvalue weighted by Crippen LogP contribution is -2.24. The molecule has 0 aromatic heterocycles. The molecule has 1 aromatic rings. The van der Waals surface area contributed by atoms with E-state index in [-0.39, 0.29) is 10.8 Å². The Morgan fingerprint density at radius 2 is 1.95 bits per heavy atom. The molecule has 0 bridgehead atoms. The highest BCUT2D eigenvalue weighted by molar-refractivity contribution is 7.89. The third kappa shape index (κ3) is 5.12. The van der Waals surface area contributed by atoms with Gasteiger partial charge >= 0.3 is 0 Å². The highest BCUT2D eigenvalue weighted by Gasteiger charge is 2.12. The van der Waals surface area contributed by atoms with Crippen molar-refractivity contribution in [3.8, 4) is 12.3 Å². The van der Waals surface area contributed by atoms with Gasteiger partial charge in [-0.15, -0.1) is 12.3 Å². The Balaban J connectivity index is 2.68. The number of terminal acetylenes is 1. The van der Waals surface area contributed by atoms with Gasteiger partial charge in [0.15, 0.2) is 0 Å². The van der Waals surface area contributed by atoms with E-state index >= 15 is 0 Å². The van der Waals surface area contributed by atoms with E-state index in [2.05, 4.69) is 16.0 Å². The predicted octanol–water partition coefficient (Wildman–Crippen LogP) is 1.34. The van der Waals surface area contributed by atoms with Crippen LogP contribution >= 0.6 is 0 Å². The van der Waals surface area contributed by atoms with Crippen molar-refractivity contribution < 1.29 is 13.2 Å². The first-order valence-corrected chi connectivity index (χ1v) is 7.25. The van der Waals surface area contributed by atoms with Crippen molar-refractivity contribution in [2.75, 3.05) is 11.9 Å². The van der Waals surface area contributed by atoms with Gasteiger partial charge in [0.1, 0.15) is 0 Å². The fraction of sp³-hybridized carbons (Fsp3) is 0.308. The second kappa shape index (κ2) is 6.92. The number of carbonyl (C=O) groups excluding carboxylic acids is 1. The fourth-order valence-corrected chi connectivity index (χ4v) is 2.48. The highest BCUT2D eigenvalue weighted by Crippen LogP contribution is 2.13. The number of unbranched alkanes of at least 4 members (excludes halogenated alkanes) is 1. The minimum absolute atomic E-state index is 0.155. The largest absolute Gasteiger partial charge is 0.326 e. The van der Waals surface area contributed by atoms with Crippen molar-refractivity contribution in [2.45, 2.75) is 24.7 Å². The van der Waals surface area contributed by atoms with Crippen LogP contribution in [0.4, 0.5) is 5.69 Å². The Morgan fingerprint density at radius 1 is 1.32 bits per heavy atom. The standard InChI is InChI=1S/C13H16N2O3S/c1-3-4-5-10-14-19(17,18)13-8-6-12(7-9-13)15-11(2)16/h1,6-9,14H,4-5,10H2,2H3,(H,15,16). The van der Waals surface area contributed by atoms with Gasteiger partial charge in [-0.2, -0.15) is 0 Å². The van der Waals surface area contributed by atoms with Crippen LogP contribution in [0.1, 0.15) is 19.8 Å². The summed E-state index contributed by atoms with van der Waals surface area (Å²) in [5.74, 6) is 2.24. The molecule has 0 saturated heterocycles. The van der Waals surface area contributed by atoms with Crippen molar-refractivity contribution in [2.24, 2.45) is 0 Å². The molecule has 0 fully saturated rings. The number of hydrogen-bond donors (Lipinski definition) is 2. The topological polar surface area (TPSA) is 75.3 Å². The highest BCUT2D eigenvalue weighted by atomic mass is 32.2. The molecule has 1 rings (SSSR count). The molecule has 0 heterocycles. The zero-order chi connectivity index (χ0) is 14.3.